The monoisotopic (exact) mass is 443 g/mol. The van der Waals surface area contributed by atoms with Crippen molar-refractivity contribution in [1.82, 2.24) is 15.3 Å². The number of aromatic amines is 1. The van der Waals surface area contributed by atoms with Gasteiger partial charge in [0.25, 0.3) is 0 Å². The first-order chi connectivity index (χ1) is 14.4. The summed E-state index contributed by atoms with van der Waals surface area (Å²) in [4.78, 5) is 9.72. The first kappa shape index (κ1) is 20.2. The topological polar surface area (TPSA) is 99.3 Å². The molecule has 2 aromatic heterocycles. The molecule has 30 heavy (non-hydrogen) atoms. The molecule has 156 valence electrons. The molecule has 0 spiro atoms. The van der Waals surface area contributed by atoms with Crippen LogP contribution in [-0.2, 0) is 10.0 Å². The van der Waals surface area contributed by atoms with Crippen LogP contribution in [0.25, 0.3) is 0 Å². The highest BCUT2D eigenvalue weighted by Gasteiger charge is 2.41. The molecule has 3 heterocycles. The first-order valence-corrected chi connectivity index (χ1v) is 11.5. The number of methoxy groups -OCH3 is 1. The van der Waals surface area contributed by atoms with Crippen LogP contribution >= 0.6 is 12.2 Å². The van der Waals surface area contributed by atoms with Crippen molar-refractivity contribution in [3.05, 3.63) is 72.3 Å². The Hall–Kier alpha value is -3.11. The number of hydrogen-bond acceptors (Lipinski definition) is 5. The Morgan fingerprint density at radius 3 is 2.67 bits per heavy atom. The second-order valence-corrected chi connectivity index (χ2v) is 9.02. The summed E-state index contributed by atoms with van der Waals surface area (Å²) >= 11 is 5.67. The molecule has 0 saturated carbocycles. The van der Waals surface area contributed by atoms with Gasteiger partial charge in [-0.25, -0.2) is 8.42 Å². The fraction of sp³-hybridized carbons (Fsp3) is 0.200. The summed E-state index contributed by atoms with van der Waals surface area (Å²) in [6.07, 6.45) is 4.70. The van der Waals surface area contributed by atoms with Crippen molar-refractivity contribution in [3.63, 3.8) is 0 Å². The van der Waals surface area contributed by atoms with E-state index in [1.807, 2.05) is 47.5 Å². The third-order valence-electron chi connectivity index (χ3n) is 4.80. The van der Waals surface area contributed by atoms with E-state index in [1.54, 1.807) is 18.3 Å². The summed E-state index contributed by atoms with van der Waals surface area (Å²) in [6.45, 7) is 0. The maximum atomic E-state index is 11.8. The van der Waals surface area contributed by atoms with E-state index in [0.29, 0.717) is 16.5 Å². The predicted molar refractivity (Wildman–Crippen MR) is 120 cm³/mol. The number of H-pyrrole nitrogens is 1. The summed E-state index contributed by atoms with van der Waals surface area (Å²) in [5.41, 5.74) is 2.86. The zero-order valence-corrected chi connectivity index (χ0v) is 18.0. The number of sulfonamides is 1. The molecule has 3 N–H and O–H groups in total. The lowest BCUT2D eigenvalue weighted by Gasteiger charge is -2.27. The molecular weight excluding hydrogens is 422 g/mol. The molecule has 8 nitrogen and oxygen atoms in total. The van der Waals surface area contributed by atoms with Crippen molar-refractivity contribution in [2.24, 2.45) is 0 Å². The minimum atomic E-state index is -3.49. The predicted octanol–water partition coefficient (Wildman–Crippen LogP) is 2.97. The van der Waals surface area contributed by atoms with Gasteiger partial charge in [-0.15, -0.1) is 0 Å². The minimum Gasteiger partial charge on any atom is -0.495 e. The molecule has 0 unspecified atom stereocenters. The van der Waals surface area contributed by atoms with Crippen LogP contribution in [0.2, 0.25) is 0 Å². The number of hydrogen-bond donors (Lipinski definition) is 3. The van der Waals surface area contributed by atoms with E-state index < -0.39 is 10.0 Å². The average Bonchev–Trinajstić information content (AvgIpc) is 3.35. The Kier molecular flexibility index (Phi) is 5.35. The molecule has 3 aromatic rings. The van der Waals surface area contributed by atoms with Gasteiger partial charge in [0.05, 0.1) is 30.8 Å². The van der Waals surface area contributed by atoms with Gasteiger partial charge in [0.15, 0.2) is 5.11 Å². The smallest absolute Gasteiger partial charge is 0.229 e. The van der Waals surface area contributed by atoms with Crippen LogP contribution in [0, 0.1) is 0 Å². The molecule has 1 aromatic carbocycles. The van der Waals surface area contributed by atoms with E-state index in [9.17, 15) is 8.42 Å². The number of ether oxygens (including phenoxy) is 1. The fourth-order valence-corrected chi connectivity index (χ4v) is 4.51. The maximum Gasteiger partial charge on any atom is 0.229 e. The van der Waals surface area contributed by atoms with Gasteiger partial charge in [-0.05, 0) is 54.7 Å². The fourth-order valence-electron chi connectivity index (χ4n) is 3.60. The molecule has 1 fully saturated rings. The summed E-state index contributed by atoms with van der Waals surface area (Å²) in [6, 6.07) is 14.5. The number of pyridine rings is 1. The van der Waals surface area contributed by atoms with Crippen LogP contribution in [0.3, 0.4) is 0 Å². The second kappa shape index (κ2) is 7.96. The van der Waals surface area contributed by atoms with Crippen LogP contribution in [0.1, 0.15) is 23.5 Å². The van der Waals surface area contributed by atoms with Gasteiger partial charge in [0.1, 0.15) is 11.8 Å². The Balaban J connectivity index is 1.80. The number of nitrogens with one attached hydrogen (secondary N) is 3. The lowest BCUT2D eigenvalue weighted by molar-refractivity contribution is 0.417. The van der Waals surface area contributed by atoms with Crippen molar-refractivity contribution in [2.45, 2.75) is 12.1 Å². The van der Waals surface area contributed by atoms with Gasteiger partial charge in [-0.2, -0.15) is 0 Å². The second-order valence-electron chi connectivity index (χ2n) is 6.88. The van der Waals surface area contributed by atoms with Gasteiger partial charge in [-0.1, -0.05) is 6.07 Å². The summed E-state index contributed by atoms with van der Waals surface area (Å²) in [7, 11) is -2.00. The highest BCUT2D eigenvalue weighted by Crippen LogP contribution is 2.42. The average molecular weight is 444 g/mol. The molecule has 4 rings (SSSR count). The molecule has 0 radical (unpaired) electrons. The van der Waals surface area contributed by atoms with Crippen molar-refractivity contribution in [2.75, 3.05) is 23.0 Å². The van der Waals surface area contributed by atoms with E-state index in [-0.39, 0.29) is 12.1 Å². The largest absolute Gasteiger partial charge is 0.495 e. The zero-order valence-electron chi connectivity index (χ0n) is 16.4. The van der Waals surface area contributed by atoms with E-state index in [4.69, 9.17) is 17.0 Å². The standard InChI is InChI=1S/C20H21N5O3S2/c1-28-17-9-8-13(12-16(17)24-30(2,26)27)25-19(15-7-5-11-22-15)18(23-20(25)29)14-6-3-4-10-21-14/h3-12,18-19,22,24H,1-2H3,(H,23,29)/t18-,19-/m0/s1. The van der Waals surface area contributed by atoms with Crippen LogP contribution in [0.5, 0.6) is 5.75 Å². The third-order valence-corrected chi connectivity index (χ3v) is 5.70. The molecule has 10 heteroatoms. The first-order valence-electron chi connectivity index (χ1n) is 9.17. The highest BCUT2D eigenvalue weighted by atomic mass is 32.2. The molecular formula is C20H21N5O3S2. The number of thiocarbonyl (C=S) groups is 1. The van der Waals surface area contributed by atoms with E-state index in [1.165, 1.54) is 7.11 Å². The van der Waals surface area contributed by atoms with Gasteiger partial charge >= 0.3 is 0 Å². The SMILES string of the molecule is COc1ccc(N2C(=S)N[C@@H](c3ccccn3)[C@@H]2c2ccc[nH]2)cc1NS(C)(=O)=O. The molecule has 0 amide bonds. The maximum absolute atomic E-state index is 11.8. The number of anilines is 2. The van der Waals surface area contributed by atoms with Crippen molar-refractivity contribution < 1.29 is 13.2 Å². The van der Waals surface area contributed by atoms with Crippen molar-refractivity contribution in [1.29, 1.82) is 0 Å². The molecule has 1 saturated heterocycles. The van der Waals surface area contributed by atoms with E-state index in [2.05, 4.69) is 20.0 Å². The normalized spacial score (nSPS) is 18.9. The lowest BCUT2D eigenvalue weighted by Crippen LogP contribution is -2.29. The molecule has 2 atom stereocenters. The Labute approximate surface area is 180 Å². The van der Waals surface area contributed by atoms with E-state index >= 15 is 0 Å². The lowest BCUT2D eigenvalue weighted by atomic mass is 10.0. The highest BCUT2D eigenvalue weighted by molar-refractivity contribution is 7.92. The molecule has 1 aliphatic heterocycles. The number of nitrogens with zero attached hydrogens (tertiary/aromatic N) is 2. The van der Waals surface area contributed by atoms with Gasteiger partial charge < -0.3 is 19.9 Å². The number of aromatic nitrogens is 2. The summed E-state index contributed by atoms with van der Waals surface area (Å²) in [5.74, 6) is 0.417. The Bertz CT molecular complexity index is 1150. The molecule has 0 aliphatic carbocycles. The van der Waals surface area contributed by atoms with Gasteiger partial charge in [0.2, 0.25) is 10.0 Å². The van der Waals surface area contributed by atoms with Crippen LogP contribution in [0.4, 0.5) is 11.4 Å². The Morgan fingerprint density at radius 1 is 1.20 bits per heavy atom. The third kappa shape index (κ3) is 3.96. The van der Waals surface area contributed by atoms with Gasteiger partial charge in [0, 0.05) is 23.8 Å². The number of rotatable bonds is 6. The van der Waals surface area contributed by atoms with Crippen LogP contribution in [-0.4, -0.2) is 36.9 Å². The summed E-state index contributed by atoms with van der Waals surface area (Å²) in [5, 5.41) is 3.87. The van der Waals surface area contributed by atoms with E-state index in [0.717, 1.165) is 23.3 Å². The van der Waals surface area contributed by atoms with Crippen LogP contribution < -0.4 is 19.7 Å². The van der Waals surface area contributed by atoms with Gasteiger partial charge in [-0.3, -0.25) is 9.71 Å². The van der Waals surface area contributed by atoms with Crippen LogP contribution in [0.15, 0.2) is 60.9 Å². The number of benzene rings is 1. The minimum absolute atomic E-state index is 0.189. The quantitative estimate of drug-likeness (QED) is 0.504. The zero-order chi connectivity index (χ0) is 21.3. The van der Waals surface area contributed by atoms with Crippen molar-refractivity contribution >= 4 is 38.7 Å². The summed E-state index contributed by atoms with van der Waals surface area (Å²) < 4.78 is 31.5. The Morgan fingerprint density at radius 2 is 2.03 bits per heavy atom. The molecule has 0 bridgehead atoms. The van der Waals surface area contributed by atoms with Crippen molar-refractivity contribution in [3.8, 4) is 5.75 Å². The molecule has 1 aliphatic rings.